The molecule has 1 aliphatic heterocycles. The number of carbonyl (C=O) groups excluding carboxylic acids is 1. The van der Waals surface area contributed by atoms with Crippen molar-refractivity contribution in [1.82, 2.24) is 24.7 Å². The van der Waals surface area contributed by atoms with Gasteiger partial charge in [0.05, 0.1) is 6.54 Å². The molecule has 1 fully saturated rings. The molecule has 23 heavy (non-hydrogen) atoms. The number of aryl methyl sites for hydroxylation is 1. The third-order valence-corrected chi connectivity index (χ3v) is 4.49. The highest BCUT2D eigenvalue weighted by molar-refractivity contribution is 5.74. The Labute approximate surface area is 139 Å². The summed E-state index contributed by atoms with van der Waals surface area (Å²) in [5, 5.41) is 3.13. The molecule has 0 bridgehead atoms. The fourth-order valence-corrected chi connectivity index (χ4v) is 2.82. The summed E-state index contributed by atoms with van der Waals surface area (Å²) in [4.78, 5) is 21.0. The molecule has 1 aromatic heterocycles. The number of hydrogen-bond acceptors (Lipinski definition) is 3. The Morgan fingerprint density at radius 1 is 1.22 bits per heavy atom. The Balaban J connectivity index is 1.71. The number of piperazine rings is 1. The lowest BCUT2D eigenvalue weighted by Gasteiger charge is -2.35. The summed E-state index contributed by atoms with van der Waals surface area (Å²) in [6.07, 6.45) is 6.00. The van der Waals surface area contributed by atoms with Crippen molar-refractivity contribution >= 4 is 6.03 Å². The average molecular weight is 321 g/mol. The maximum atomic E-state index is 12.3. The van der Waals surface area contributed by atoms with Crippen LogP contribution in [-0.2, 0) is 13.6 Å². The maximum absolute atomic E-state index is 12.3. The van der Waals surface area contributed by atoms with Crippen molar-refractivity contribution in [1.29, 1.82) is 0 Å². The number of amides is 2. The van der Waals surface area contributed by atoms with Crippen LogP contribution in [0.4, 0.5) is 4.79 Å². The molecule has 0 aliphatic carbocycles. The molecule has 0 spiro atoms. The Morgan fingerprint density at radius 3 is 2.48 bits per heavy atom. The smallest absolute Gasteiger partial charge is 0.317 e. The highest BCUT2D eigenvalue weighted by Gasteiger charge is 2.22. The first-order valence-corrected chi connectivity index (χ1v) is 8.69. The third kappa shape index (κ3) is 5.53. The lowest BCUT2D eigenvalue weighted by Crippen LogP contribution is -2.53. The normalized spacial score (nSPS) is 17.5. The van der Waals surface area contributed by atoms with Gasteiger partial charge in [0.15, 0.2) is 0 Å². The summed E-state index contributed by atoms with van der Waals surface area (Å²) < 4.78 is 2.05. The van der Waals surface area contributed by atoms with Crippen LogP contribution in [-0.4, -0.2) is 57.6 Å². The van der Waals surface area contributed by atoms with Crippen molar-refractivity contribution in [2.45, 2.75) is 46.2 Å². The SMILES string of the molecule is CC(C)CC[C@H](C)NC(=O)N1CCN(Cc2nccn2C)CC1. The summed E-state index contributed by atoms with van der Waals surface area (Å²) >= 11 is 0. The van der Waals surface area contributed by atoms with Gasteiger partial charge in [-0.2, -0.15) is 0 Å². The number of urea groups is 1. The minimum atomic E-state index is 0.0814. The van der Waals surface area contributed by atoms with Gasteiger partial charge in [0.25, 0.3) is 0 Å². The molecule has 1 atom stereocenters. The fraction of sp³-hybridized carbons (Fsp3) is 0.765. The molecular formula is C17H31N5O. The van der Waals surface area contributed by atoms with Gasteiger partial charge in [-0.25, -0.2) is 9.78 Å². The molecule has 1 saturated heterocycles. The summed E-state index contributed by atoms with van der Waals surface area (Å²) in [5.41, 5.74) is 0. The van der Waals surface area contributed by atoms with Gasteiger partial charge < -0.3 is 14.8 Å². The Morgan fingerprint density at radius 2 is 1.91 bits per heavy atom. The number of imidazole rings is 1. The van der Waals surface area contributed by atoms with E-state index in [4.69, 9.17) is 0 Å². The van der Waals surface area contributed by atoms with E-state index in [0.29, 0.717) is 5.92 Å². The summed E-state index contributed by atoms with van der Waals surface area (Å²) in [6.45, 7) is 10.8. The van der Waals surface area contributed by atoms with Gasteiger partial charge in [-0.3, -0.25) is 4.90 Å². The zero-order valence-electron chi connectivity index (χ0n) is 15.0. The molecular weight excluding hydrogens is 290 g/mol. The van der Waals surface area contributed by atoms with Gasteiger partial charge in [0.2, 0.25) is 0 Å². The molecule has 0 unspecified atom stereocenters. The summed E-state index contributed by atoms with van der Waals surface area (Å²) in [7, 11) is 2.02. The second kappa shape index (κ2) is 8.34. The molecule has 1 aromatic rings. The predicted octanol–water partition coefficient (Wildman–Crippen LogP) is 2.07. The van der Waals surface area contributed by atoms with Gasteiger partial charge in [-0.05, 0) is 25.7 Å². The van der Waals surface area contributed by atoms with Gasteiger partial charge in [0.1, 0.15) is 5.82 Å². The third-order valence-electron chi connectivity index (χ3n) is 4.49. The summed E-state index contributed by atoms with van der Waals surface area (Å²) in [6, 6.07) is 0.327. The van der Waals surface area contributed by atoms with Gasteiger partial charge in [0, 0.05) is 51.7 Å². The molecule has 130 valence electrons. The minimum Gasteiger partial charge on any atom is -0.337 e. The molecule has 1 N–H and O–H groups in total. The standard InChI is InChI=1S/C17H31N5O/c1-14(2)5-6-15(3)19-17(23)22-11-9-21(10-12-22)13-16-18-7-8-20(16)4/h7-8,14-15H,5-6,9-13H2,1-4H3,(H,19,23)/t15-/m0/s1. The van der Waals surface area contributed by atoms with Crippen molar-refractivity contribution in [3.05, 3.63) is 18.2 Å². The number of hydrogen-bond donors (Lipinski definition) is 1. The van der Waals surface area contributed by atoms with Crippen molar-refractivity contribution in [3.8, 4) is 0 Å². The monoisotopic (exact) mass is 321 g/mol. The van der Waals surface area contributed by atoms with Crippen LogP contribution in [0.1, 0.15) is 39.4 Å². The molecule has 0 radical (unpaired) electrons. The van der Waals surface area contributed by atoms with Crippen molar-refractivity contribution in [2.24, 2.45) is 13.0 Å². The number of nitrogens with one attached hydrogen (secondary N) is 1. The van der Waals surface area contributed by atoms with Crippen LogP contribution in [0.2, 0.25) is 0 Å². The molecule has 2 amide bonds. The fourth-order valence-electron chi connectivity index (χ4n) is 2.82. The van der Waals surface area contributed by atoms with E-state index in [1.165, 1.54) is 0 Å². The Bertz CT molecular complexity index is 491. The lowest BCUT2D eigenvalue weighted by atomic mass is 10.0. The van der Waals surface area contributed by atoms with E-state index in [-0.39, 0.29) is 12.1 Å². The van der Waals surface area contributed by atoms with Crippen LogP contribution in [0.15, 0.2) is 12.4 Å². The molecule has 6 heteroatoms. The second-order valence-corrected chi connectivity index (χ2v) is 7.04. The van der Waals surface area contributed by atoms with Gasteiger partial charge >= 0.3 is 6.03 Å². The van der Waals surface area contributed by atoms with Crippen LogP contribution < -0.4 is 5.32 Å². The van der Waals surface area contributed by atoms with E-state index in [0.717, 1.165) is 51.4 Å². The highest BCUT2D eigenvalue weighted by atomic mass is 16.2. The first-order valence-electron chi connectivity index (χ1n) is 8.69. The van der Waals surface area contributed by atoms with E-state index in [2.05, 4.69) is 40.5 Å². The van der Waals surface area contributed by atoms with E-state index in [1.807, 2.05) is 24.3 Å². The minimum absolute atomic E-state index is 0.0814. The highest BCUT2D eigenvalue weighted by Crippen LogP contribution is 2.09. The van der Waals surface area contributed by atoms with Crippen molar-refractivity contribution < 1.29 is 4.79 Å². The number of nitrogens with zero attached hydrogens (tertiary/aromatic N) is 4. The first-order chi connectivity index (χ1) is 11.0. The molecule has 2 heterocycles. The second-order valence-electron chi connectivity index (χ2n) is 7.04. The number of aromatic nitrogens is 2. The van der Waals surface area contributed by atoms with E-state index < -0.39 is 0 Å². The Hall–Kier alpha value is -1.56. The van der Waals surface area contributed by atoms with Crippen molar-refractivity contribution in [3.63, 3.8) is 0 Å². The topological polar surface area (TPSA) is 53.4 Å². The first kappa shape index (κ1) is 17.8. The van der Waals surface area contributed by atoms with Gasteiger partial charge in [-0.1, -0.05) is 13.8 Å². The molecule has 6 nitrogen and oxygen atoms in total. The van der Waals surface area contributed by atoms with E-state index in [1.54, 1.807) is 0 Å². The number of carbonyl (C=O) groups is 1. The molecule has 0 aromatic carbocycles. The Kier molecular flexibility index (Phi) is 6.45. The van der Waals surface area contributed by atoms with E-state index in [9.17, 15) is 4.79 Å². The predicted molar refractivity (Wildman–Crippen MR) is 92.1 cm³/mol. The molecule has 1 aliphatic rings. The molecule has 0 saturated carbocycles. The average Bonchev–Trinajstić information content (AvgIpc) is 2.91. The molecule has 2 rings (SSSR count). The van der Waals surface area contributed by atoms with Crippen LogP contribution in [0.3, 0.4) is 0 Å². The van der Waals surface area contributed by atoms with Crippen LogP contribution >= 0.6 is 0 Å². The zero-order chi connectivity index (χ0) is 16.8. The maximum Gasteiger partial charge on any atom is 0.317 e. The largest absolute Gasteiger partial charge is 0.337 e. The lowest BCUT2D eigenvalue weighted by molar-refractivity contribution is 0.131. The van der Waals surface area contributed by atoms with Crippen LogP contribution in [0.5, 0.6) is 0 Å². The van der Waals surface area contributed by atoms with Gasteiger partial charge in [-0.15, -0.1) is 0 Å². The van der Waals surface area contributed by atoms with Crippen LogP contribution in [0.25, 0.3) is 0 Å². The summed E-state index contributed by atoms with van der Waals surface area (Å²) in [5.74, 6) is 1.76. The number of rotatable bonds is 6. The quantitative estimate of drug-likeness (QED) is 0.873. The van der Waals surface area contributed by atoms with Crippen LogP contribution in [0, 0.1) is 5.92 Å². The van der Waals surface area contributed by atoms with E-state index >= 15 is 0 Å². The zero-order valence-corrected chi connectivity index (χ0v) is 15.0. The van der Waals surface area contributed by atoms with Crippen molar-refractivity contribution in [2.75, 3.05) is 26.2 Å².